The molecule has 2 nitrogen and oxygen atoms in total. The van der Waals surface area contributed by atoms with Crippen LogP contribution in [0.5, 0.6) is 0 Å². The van der Waals surface area contributed by atoms with Gasteiger partial charge in [0.2, 0.25) is 0 Å². The lowest BCUT2D eigenvalue weighted by molar-refractivity contribution is -0.0709. The van der Waals surface area contributed by atoms with Gasteiger partial charge in [0.1, 0.15) is 7.85 Å². The van der Waals surface area contributed by atoms with E-state index in [1.165, 1.54) is 0 Å². The van der Waals surface area contributed by atoms with Crippen LogP contribution in [0.15, 0.2) is 0 Å². The maximum atomic E-state index is 9.18. The van der Waals surface area contributed by atoms with Gasteiger partial charge in [-0.3, -0.25) is 0 Å². The Bertz CT molecular complexity index is 134. The molecule has 0 aliphatic carbocycles. The Hall–Kier alpha value is -0.0151. The summed E-state index contributed by atoms with van der Waals surface area (Å²) in [6, 6.07) is 0.317. The van der Waals surface area contributed by atoms with E-state index in [-0.39, 0.29) is 12.2 Å². The Morgan fingerprint density at radius 3 is 2.55 bits per heavy atom. The van der Waals surface area contributed by atoms with Gasteiger partial charge in [0.25, 0.3) is 0 Å². The third-order valence-electron chi connectivity index (χ3n) is 2.89. The molecule has 0 aromatic rings. The largest absolute Gasteiger partial charge is 0.393 e. The van der Waals surface area contributed by atoms with E-state index in [1.54, 1.807) is 0 Å². The van der Waals surface area contributed by atoms with Crippen molar-refractivity contribution in [2.24, 2.45) is 5.92 Å². The van der Waals surface area contributed by atoms with Gasteiger partial charge in [0.15, 0.2) is 0 Å². The zero-order valence-corrected chi connectivity index (χ0v) is 7.63. The first kappa shape index (κ1) is 9.08. The standard InChI is InChI=1S/C8H17BO2/c1-3-8(5-10)6(2)4-7(9)11-8/h6-7,10H,3-5,9H2,1-2H3/t6-,7-,8-/m1/s1. The van der Waals surface area contributed by atoms with E-state index < -0.39 is 0 Å². The maximum Gasteiger partial charge on any atom is 0.139 e. The third kappa shape index (κ3) is 1.45. The lowest BCUT2D eigenvalue weighted by Gasteiger charge is -2.29. The van der Waals surface area contributed by atoms with Crippen molar-refractivity contribution < 1.29 is 9.84 Å². The van der Waals surface area contributed by atoms with Crippen molar-refractivity contribution in [1.82, 2.24) is 0 Å². The molecular weight excluding hydrogens is 139 g/mol. The summed E-state index contributed by atoms with van der Waals surface area (Å²) in [6.07, 6.45) is 1.99. The average molecular weight is 156 g/mol. The van der Waals surface area contributed by atoms with Gasteiger partial charge in [-0.1, -0.05) is 13.8 Å². The van der Waals surface area contributed by atoms with E-state index in [0.717, 1.165) is 12.8 Å². The molecule has 1 rings (SSSR count). The normalized spacial score (nSPS) is 44.6. The Morgan fingerprint density at radius 1 is 1.73 bits per heavy atom. The van der Waals surface area contributed by atoms with Crippen LogP contribution in [0, 0.1) is 5.92 Å². The van der Waals surface area contributed by atoms with Gasteiger partial charge < -0.3 is 9.84 Å². The molecule has 3 atom stereocenters. The Morgan fingerprint density at radius 2 is 2.36 bits per heavy atom. The minimum atomic E-state index is -0.237. The molecule has 0 aromatic heterocycles. The fourth-order valence-corrected chi connectivity index (χ4v) is 2.01. The molecule has 1 aliphatic heterocycles. The minimum absolute atomic E-state index is 0.162. The van der Waals surface area contributed by atoms with E-state index in [0.29, 0.717) is 11.9 Å². The van der Waals surface area contributed by atoms with E-state index in [4.69, 9.17) is 4.74 Å². The number of aliphatic hydroxyl groups excluding tert-OH is 1. The van der Waals surface area contributed by atoms with Crippen molar-refractivity contribution in [3.8, 4) is 0 Å². The van der Waals surface area contributed by atoms with Crippen LogP contribution < -0.4 is 0 Å². The summed E-state index contributed by atoms with van der Waals surface area (Å²) >= 11 is 0. The summed E-state index contributed by atoms with van der Waals surface area (Å²) in [4.78, 5) is 0. The van der Waals surface area contributed by atoms with Crippen LogP contribution >= 0.6 is 0 Å². The van der Waals surface area contributed by atoms with Gasteiger partial charge in [-0.25, -0.2) is 0 Å². The topological polar surface area (TPSA) is 29.5 Å². The number of rotatable bonds is 2. The van der Waals surface area contributed by atoms with Gasteiger partial charge in [-0.15, -0.1) is 0 Å². The van der Waals surface area contributed by atoms with Gasteiger partial charge in [-0.2, -0.15) is 0 Å². The summed E-state index contributed by atoms with van der Waals surface area (Å²) in [7, 11) is 2.07. The second-order valence-corrected chi connectivity index (χ2v) is 3.64. The number of hydrogen-bond acceptors (Lipinski definition) is 2. The van der Waals surface area contributed by atoms with Crippen molar-refractivity contribution in [3.63, 3.8) is 0 Å². The van der Waals surface area contributed by atoms with Crippen LogP contribution in [0.25, 0.3) is 0 Å². The van der Waals surface area contributed by atoms with Crippen LogP contribution in [0.4, 0.5) is 0 Å². The fraction of sp³-hybridized carbons (Fsp3) is 1.00. The summed E-state index contributed by atoms with van der Waals surface area (Å²) in [5, 5.41) is 9.18. The quantitative estimate of drug-likeness (QED) is 0.576. The highest BCUT2D eigenvalue weighted by Gasteiger charge is 2.42. The molecule has 0 radical (unpaired) electrons. The average Bonchev–Trinajstić information content (AvgIpc) is 2.27. The lowest BCUT2D eigenvalue weighted by atomic mass is 9.84. The molecule has 0 unspecified atom stereocenters. The maximum absolute atomic E-state index is 9.18. The summed E-state index contributed by atoms with van der Waals surface area (Å²) in [5.41, 5.74) is -0.237. The highest BCUT2D eigenvalue weighted by atomic mass is 16.5. The Kier molecular flexibility index (Phi) is 2.60. The first-order valence-corrected chi connectivity index (χ1v) is 4.43. The first-order valence-electron chi connectivity index (χ1n) is 4.43. The van der Waals surface area contributed by atoms with Crippen molar-refractivity contribution in [2.45, 2.75) is 38.3 Å². The molecule has 64 valence electrons. The molecule has 0 aromatic carbocycles. The molecule has 0 spiro atoms. The van der Waals surface area contributed by atoms with Gasteiger partial charge in [-0.05, 0) is 18.8 Å². The molecule has 1 heterocycles. The van der Waals surface area contributed by atoms with E-state index in [1.807, 2.05) is 0 Å². The second kappa shape index (κ2) is 3.15. The molecule has 0 saturated carbocycles. The van der Waals surface area contributed by atoms with Crippen molar-refractivity contribution >= 4 is 7.85 Å². The predicted molar refractivity (Wildman–Crippen MR) is 47.3 cm³/mol. The zero-order chi connectivity index (χ0) is 8.48. The Labute approximate surface area is 69.3 Å². The summed E-state index contributed by atoms with van der Waals surface area (Å²) in [5.74, 6) is 0.493. The summed E-state index contributed by atoms with van der Waals surface area (Å²) < 4.78 is 5.71. The zero-order valence-electron chi connectivity index (χ0n) is 7.63. The van der Waals surface area contributed by atoms with Gasteiger partial charge in [0, 0.05) is 6.00 Å². The van der Waals surface area contributed by atoms with Gasteiger partial charge >= 0.3 is 0 Å². The smallest absolute Gasteiger partial charge is 0.139 e. The van der Waals surface area contributed by atoms with Crippen molar-refractivity contribution in [2.75, 3.05) is 6.61 Å². The second-order valence-electron chi connectivity index (χ2n) is 3.64. The van der Waals surface area contributed by atoms with E-state index >= 15 is 0 Å². The van der Waals surface area contributed by atoms with Crippen molar-refractivity contribution in [1.29, 1.82) is 0 Å². The SMILES string of the molecule is B[C@H]1C[C@@H](C)[C@@](CC)(CO)O1. The molecular formula is C8H17BO2. The number of ether oxygens (including phenoxy) is 1. The molecule has 1 N–H and O–H groups in total. The predicted octanol–water partition coefficient (Wildman–Crippen LogP) is 0.143. The molecule has 1 fully saturated rings. The van der Waals surface area contributed by atoms with E-state index in [9.17, 15) is 5.11 Å². The van der Waals surface area contributed by atoms with Crippen LogP contribution in [0.3, 0.4) is 0 Å². The molecule has 11 heavy (non-hydrogen) atoms. The van der Waals surface area contributed by atoms with Crippen LogP contribution in [-0.4, -0.2) is 31.2 Å². The molecule has 0 bridgehead atoms. The minimum Gasteiger partial charge on any atom is -0.393 e. The molecule has 3 heteroatoms. The van der Waals surface area contributed by atoms with Crippen LogP contribution in [0.2, 0.25) is 0 Å². The highest BCUT2D eigenvalue weighted by molar-refractivity contribution is 6.11. The molecule has 1 saturated heterocycles. The lowest BCUT2D eigenvalue weighted by Crippen LogP contribution is -2.38. The summed E-state index contributed by atoms with van der Waals surface area (Å²) in [6.45, 7) is 4.39. The monoisotopic (exact) mass is 156 g/mol. The highest BCUT2D eigenvalue weighted by Crippen LogP contribution is 2.36. The van der Waals surface area contributed by atoms with Gasteiger partial charge in [0.05, 0.1) is 12.2 Å². The Balaban J connectivity index is 2.67. The molecule has 0 amide bonds. The molecule has 1 aliphatic rings. The number of aliphatic hydroxyl groups is 1. The van der Waals surface area contributed by atoms with Crippen LogP contribution in [0.1, 0.15) is 26.7 Å². The van der Waals surface area contributed by atoms with E-state index in [2.05, 4.69) is 21.7 Å². The van der Waals surface area contributed by atoms with Crippen LogP contribution in [-0.2, 0) is 4.74 Å². The number of hydrogen-bond donors (Lipinski definition) is 1. The third-order valence-corrected chi connectivity index (χ3v) is 2.89. The fourth-order valence-electron chi connectivity index (χ4n) is 2.01. The van der Waals surface area contributed by atoms with Crippen molar-refractivity contribution in [3.05, 3.63) is 0 Å². The first-order chi connectivity index (χ1) is 5.14.